The molecule has 3 rings (SSSR count). The van der Waals surface area contributed by atoms with Crippen LogP contribution in [-0.4, -0.2) is 29.8 Å². The molecule has 2 heterocycles. The van der Waals surface area contributed by atoms with Crippen molar-refractivity contribution in [2.24, 2.45) is 5.92 Å². The maximum absolute atomic E-state index is 9.21. The SMILES string of the molecule is OCC1CCN(c2ccc(NCc3cccc(Cl)c3)nc2)CC1. The molecule has 4 nitrogen and oxygen atoms in total. The Hall–Kier alpha value is -1.78. The van der Waals surface area contributed by atoms with E-state index in [4.69, 9.17) is 11.6 Å². The first-order valence-electron chi connectivity index (χ1n) is 8.05. The van der Waals surface area contributed by atoms with Gasteiger partial charge in [-0.25, -0.2) is 4.98 Å². The molecule has 5 heteroatoms. The first-order chi connectivity index (χ1) is 11.2. The number of nitrogens with one attached hydrogen (secondary N) is 1. The van der Waals surface area contributed by atoms with Crippen molar-refractivity contribution < 1.29 is 5.11 Å². The van der Waals surface area contributed by atoms with Gasteiger partial charge in [-0.05, 0) is 48.6 Å². The number of aliphatic hydroxyl groups is 1. The van der Waals surface area contributed by atoms with Crippen LogP contribution in [0.2, 0.25) is 5.02 Å². The lowest BCUT2D eigenvalue weighted by Gasteiger charge is -2.32. The van der Waals surface area contributed by atoms with Gasteiger partial charge in [0.05, 0.1) is 11.9 Å². The molecule has 1 saturated heterocycles. The number of benzene rings is 1. The lowest BCUT2D eigenvalue weighted by atomic mass is 9.98. The standard InChI is InChI=1S/C18H22ClN3O/c19-16-3-1-2-15(10-16)11-20-18-5-4-17(12-21-18)22-8-6-14(13-23)7-9-22/h1-5,10,12,14,23H,6-9,11,13H2,(H,20,21). The average Bonchev–Trinajstić information content (AvgIpc) is 2.61. The van der Waals surface area contributed by atoms with Crippen LogP contribution >= 0.6 is 11.6 Å². The molecule has 23 heavy (non-hydrogen) atoms. The topological polar surface area (TPSA) is 48.4 Å². The molecule has 2 aromatic rings. The van der Waals surface area contributed by atoms with Gasteiger partial charge >= 0.3 is 0 Å². The smallest absolute Gasteiger partial charge is 0.126 e. The van der Waals surface area contributed by atoms with Gasteiger partial charge in [-0.2, -0.15) is 0 Å². The van der Waals surface area contributed by atoms with E-state index >= 15 is 0 Å². The fraction of sp³-hybridized carbons (Fsp3) is 0.389. The molecule has 0 atom stereocenters. The largest absolute Gasteiger partial charge is 0.396 e. The minimum absolute atomic E-state index is 0.304. The second kappa shape index (κ2) is 7.66. The molecule has 2 N–H and O–H groups in total. The Morgan fingerprint density at radius 2 is 2.04 bits per heavy atom. The highest BCUT2D eigenvalue weighted by atomic mass is 35.5. The summed E-state index contributed by atoms with van der Waals surface area (Å²) in [5, 5.41) is 13.3. The summed E-state index contributed by atoms with van der Waals surface area (Å²) in [6.45, 7) is 2.98. The monoisotopic (exact) mass is 331 g/mol. The molecule has 1 aliphatic heterocycles. The molecule has 122 valence electrons. The Morgan fingerprint density at radius 1 is 1.22 bits per heavy atom. The summed E-state index contributed by atoms with van der Waals surface area (Å²) in [6.07, 6.45) is 4.01. The number of aromatic nitrogens is 1. The van der Waals surface area contributed by atoms with Gasteiger partial charge in [0.2, 0.25) is 0 Å². The number of pyridine rings is 1. The summed E-state index contributed by atoms with van der Waals surface area (Å²) in [5.74, 6) is 1.32. The highest BCUT2D eigenvalue weighted by Crippen LogP contribution is 2.23. The number of aliphatic hydroxyl groups excluding tert-OH is 1. The summed E-state index contributed by atoms with van der Waals surface area (Å²) >= 11 is 5.99. The van der Waals surface area contributed by atoms with Crippen LogP contribution in [0.1, 0.15) is 18.4 Å². The predicted octanol–water partition coefficient (Wildman–Crippen LogP) is 3.56. The number of rotatable bonds is 5. The van der Waals surface area contributed by atoms with Crippen LogP contribution in [0.4, 0.5) is 11.5 Å². The van der Waals surface area contributed by atoms with Crippen molar-refractivity contribution in [1.29, 1.82) is 0 Å². The Labute approximate surface area is 142 Å². The van der Waals surface area contributed by atoms with Crippen molar-refractivity contribution in [3.63, 3.8) is 0 Å². The van der Waals surface area contributed by atoms with E-state index in [9.17, 15) is 5.11 Å². The third-order valence-corrected chi connectivity index (χ3v) is 4.58. The molecule has 0 bridgehead atoms. The van der Waals surface area contributed by atoms with Crippen LogP contribution in [0.15, 0.2) is 42.6 Å². The molecule has 1 aromatic heterocycles. The molecule has 1 aromatic carbocycles. The van der Waals surface area contributed by atoms with Gasteiger partial charge in [0.25, 0.3) is 0 Å². The molecule has 0 radical (unpaired) electrons. The molecule has 0 amide bonds. The first-order valence-corrected chi connectivity index (χ1v) is 8.42. The Balaban J connectivity index is 1.55. The zero-order valence-electron chi connectivity index (χ0n) is 13.1. The van der Waals surface area contributed by atoms with E-state index < -0.39 is 0 Å². The highest BCUT2D eigenvalue weighted by Gasteiger charge is 2.18. The summed E-state index contributed by atoms with van der Waals surface area (Å²) in [4.78, 5) is 6.83. The third kappa shape index (κ3) is 4.36. The summed E-state index contributed by atoms with van der Waals surface area (Å²) < 4.78 is 0. The Morgan fingerprint density at radius 3 is 2.70 bits per heavy atom. The number of anilines is 2. The number of halogens is 1. The van der Waals surface area contributed by atoms with Crippen molar-refractivity contribution in [3.8, 4) is 0 Å². The zero-order chi connectivity index (χ0) is 16.1. The van der Waals surface area contributed by atoms with Crippen LogP contribution in [0.3, 0.4) is 0 Å². The fourth-order valence-corrected chi connectivity index (χ4v) is 3.10. The van der Waals surface area contributed by atoms with Gasteiger partial charge < -0.3 is 15.3 Å². The Kier molecular flexibility index (Phi) is 5.36. The lowest BCUT2D eigenvalue weighted by molar-refractivity contribution is 0.203. The maximum Gasteiger partial charge on any atom is 0.126 e. The van der Waals surface area contributed by atoms with Crippen molar-refractivity contribution >= 4 is 23.1 Å². The minimum atomic E-state index is 0.304. The van der Waals surface area contributed by atoms with Crippen molar-refractivity contribution in [2.45, 2.75) is 19.4 Å². The summed E-state index contributed by atoms with van der Waals surface area (Å²) in [7, 11) is 0. The highest BCUT2D eigenvalue weighted by molar-refractivity contribution is 6.30. The van der Waals surface area contributed by atoms with Gasteiger partial charge in [-0.15, -0.1) is 0 Å². The van der Waals surface area contributed by atoms with E-state index in [1.165, 1.54) is 0 Å². The van der Waals surface area contributed by atoms with E-state index in [-0.39, 0.29) is 0 Å². The van der Waals surface area contributed by atoms with Crippen LogP contribution < -0.4 is 10.2 Å². The molecule has 0 aliphatic carbocycles. The van der Waals surface area contributed by atoms with Crippen molar-refractivity contribution in [3.05, 3.63) is 53.2 Å². The maximum atomic E-state index is 9.21. The van der Waals surface area contributed by atoms with Gasteiger partial charge in [0.1, 0.15) is 5.82 Å². The molecular formula is C18H22ClN3O. The molecular weight excluding hydrogens is 310 g/mol. The zero-order valence-corrected chi connectivity index (χ0v) is 13.8. The van der Waals surface area contributed by atoms with Gasteiger partial charge in [-0.3, -0.25) is 0 Å². The van der Waals surface area contributed by atoms with E-state index in [2.05, 4.69) is 21.3 Å². The molecule has 0 unspecified atom stereocenters. The number of hydrogen-bond donors (Lipinski definition) is 2. The molecule has 1 aliphatic rings. The van der Waals surface area contributed by atoms with Crippen molar-refractivity contribution in [1.82, 2.24) is 4.98 Å². The second-order valence-electron chi connectivity index (χ2n) is 6.00. The van der Waals surface area contributed by atoms with Crippen LogP contribution in [-0.2, 0) is 6.54 Å². The van der Waals surface area contributed by atoms with Gasteiger partial charge in [0, 0.05) is 31.3 Å². The Bertz CT molecular complexity index is 624. The van der Waals surface area contributed by atoms with Crippen LogP contribution in [0, 0.1) is 5.92 Å². The predicted molar refractivity (Wildman–Crippen MR) is 95.0 cm³/mol. The molecule has 1 fully saturated rings. The number of nitrogens with zero attached hydrogens (tertiary/aromatic N) is 2. The summed E-state index contributed by atoms with van der Waals surface area (Å²) in [6, 6.07) is 11.9. The minimum Gasteiger partial charge on any atom is -0.396 e. The third-order valence-electron chi connectivity index (χ3n) is 4.35. The normalized spacial score (nSPS) is 15.7. The second-order valence-corrected chi connectivity index (χ2v) is 6.43. The number of piperidine rings is 1. The van der Waals surface area contributed by atoms with E-state index in [1.54, 1.807) is 0 Å². The van der Waals surface area contributed by atoms with Crippen LogP contribution in [0.5, 0.6) is 0 Å². The fourth-order valence-electron chi connectivity index (χ4n) is 2.89. The van der Waals surface area contributed by atoms with Crippen molar-refractivity contribution in [2.75, 3.05) is 29.9 Å². The first kappa shape index (κ1) is 16.1. The molecule has 0 spiro atoms. The lowest BCUT2D eigenvalue weighted by Crippen LogP contribution is -2.34. The quantitative estimate of drug-likeness (QED) is 0.879. The number of hydrogen-bond acceptors (Lipinski definition) is 4. The van der Waals surface area contributed by atoms with E-state index in [0.717, 1.165) is 48.0 Å². The van der Waals surface area contributed by atoms with E-state index in [0.29, 0.717) is 19.1 Å². The average molecular weight is 332 g/mol. The van der Waals surface area contributed by atoms with Gasteiger partial charge in [-0.1, -0.05) is 23.7 Å². The van der Waals surface area contributed by atoms with Crippen LogP contribution in [0.25, 0.3) is 0 Å². The molecule has 0 saturated carbocycles. The summed E-state index contributed by atoms with van der Waals surface area (Å²) in [5.41, 5.74) is 2.28. The van der Waals surface area contributed by atoms with E-state index in [1.807, 2.05) is 36.5 Å². The van der Waals surface area contributed by atoms with Gasteiger partial charge in [0.15, 0.2) is 0 Å².